The number of hydrogen-bond donors (Lipinski definition) is 3. The van der Waals surface area contributed by atoms with Crippen molar-refractivity contribution < 1.29 is 14.6 Å². The van der Waals surface area contributed by atoms with E-state index in [9.17, 15) is 9.90 Å². The number of carbonyl (C=O) groups is 1. The second kappa shape index (κ2) is 5.32. The molecule has 0 radical (unpaired) electrons. The Morgan fingerprint density at radius 2 is 2.13 bits per heavy atom. The summed E-state index contributed by atoms with van der Waals surface area (Å²) in [6.07, 6.45) is 1.42. The highest BCUT2D eigenvalue weighted by Gasteiger charge is 2.19. The smallest absolute Gasteiger partial charge is 0.407 e. The maximum atomic E-state index is 11.3. The molecule has 0 aromatic heterocycles. The Labute approximate surface area is 90.2 Å². The van der Waals surface area contributed by atoms with Crippen LogP contribution in [-0.2, 0) is 4.74 Å². The third-order valence-corrected chi connectivity index (χ3v) is 2.22. The van der Waals surface area contributed by atoms with E-state index in [0.29, 0.717) is 0 Å². The van der Waals surface area contributed by atoms with E-state index in [1.165, 1.54) is 0 Å². The van der Waals surface area contributed by atoms with Crippen LogP contribution < -0.4 is 10.6 Å². The Hall–Kier alpha value is -0.810. The molecule has 5 heteroatoms. The Morgan fingerprint density at radius 3 is 2.67 bits per heavy atom. The second-order valence-corrected chi connectivity index (χ2v) is 4.56. The first kappa shape index (κ1) is 12.3. The average molecular weight is 216 g/mol. The summed E-state index contributed by atoms with van der Waals surface area (Å²) < 4.78 is 4.89. The molecule has 0 aromatic carbocycles. The van der Waals surface area contributed by atoms with Crippen LogP contribution in [0.25, 0.3) is 0 Å². The molecule has 0 atom stereocenters. The highest BCUT2D eigenvalue weighted by Crippen LogP contribution is 2.04. The fourth-order valence-electron chi connectivity index (χ4n) is 1.42. The minimum atomic E-state index is -0.967. The van der Waals surface area contributed by atoms with Gasteiger partial charge >= 0.3 is 6.09 Å². The summed E-state index contributed by atoms with van der Waals surface area (Å²) in [5.74, 6) is 0. The summed E-state index contributed by atoms with van der Waals surface area (Å²) in [4.78, 5) is 11.3. The molecule has 88 valence electrons. The van der Waals surface area contributed by atoms with Crippen LogP contribution in [0.3, 0.4) is 0 Å². The van der Waals surface area contributed by atoms with Gasteiger partial charge in [0.1, 0.15) is 6.61 Å². The fourth-order valence-corrected chi connectivity index (χ4v) is 1.42. The van der Waals surface area contributed by atoms with Gasteiger partial charge in [0.2, 0.25) is 0 Å². The van der Waals surface area contributed by atoms with Gasteiger partial charge in [-0.05, 0) is 39.8 Å². The molecule has 15 heavy (non-hydrogen) atoms. The molecule has 0 bridgehead atoms. The topological polar surface area (TPSA) is 70.6 Å². The molecule has 1 saturated heterocycles. The zero-order valence-corrected chi connectivity index (χ0v) is 9.38. The summed E-state index contributed by atoms with van der Waals surface area (Å²) in [5.41, 5.74) is -0.967. The molecule has 1 amide bonds. The lowest BCUT2D eigenvalue weighted by molar-refractivity contribution is 0.00586. The molecule has 0 aliphatic carbocycles. The van der Waals surface area contributed by atoms with Gasteiger partial charge in [-0.1, -0.05) is 0 Å². The Kier molecular flexibility index (Phi) is 4.35. The Balaban J connectivity index is 2.17. The van der Waals surface area contributed by atoms with Crippen LogP contribution in [0.4, 0.5) is 4.79 Å². The highest BCUT2D eigenvalue weighted by atomic mass is 16.6. The van der Waals surface area contributed by atoms with E-state index in [4.69, 9.17) is 4.74 Å². The lowest BCUT2D eigenvalue weighted by Gasteiger charge is -2.24. The maximum absolute atomic E-state index is 11.3. The van der Waals surface area contributed by atoms with Crippen LogP contribution in [0.2, 0.25) is 0 Å². The monoisotopic (exact) mass is 216 g/mol. The van der Waals surface area contributed by atoms with Gasteiger partial charge in [-0.15, -0.1) is 0 Å². The summed E-state index contributed by atoms with van der Waals surface area (Å²) in [7, 11) is 0. The van der Waals surface area contributed by atoms with E-state index >= 15 is 0 Å². The molecule has 0 spiro atoms. The number of aliphatic hydroxyl groups is 1. The van der Waals surface area contributed by atoms with Crippen molar-refractivity contribution in [2.24, 2.45) is 0 Å². The maximum Gasteiger partial charge on any atom is 0.407 e. The van der Waals surface area contributed by atoms with Crippen molar-refractivity contribution in [1.82, 2.24) is 10.6 Å². The zero-order chi connectivity index (χ0) is 11.3. The number of rotatable bonds is 3. The van der Waals surface area contributed by atoms with Gasteiger partial charge < -0.3 is 20.5 Å². The summed E-state index contributed by atoms with van der Waals surface area (Å²) in [6, 6.07) is 0.195. The number of carbonyl (C=O) groups excluding carboxylic acids is 1. The van der Waals surface area contributed by atoms with Crippen LogP contribution in [-0.4, -0.2) is 42.5 Å². The van der Waals surface area contributed by atoms with E-state index in [0.717, 1.165) is 25.9 Å². The van der Waals surface area contributed by atoms with E-state index < -0.39 is 11.7 Å². The predicted molar refractivity (Wildman–Crippen MR) is 56.7 cm³/mol. The third-order valence-electron chi connectivity index (χ3n) is 2.22. The first-order valence-electron chi connectivity index (χ1n) is 5.34. The lowest BCUT2D eigenvalue weighted by Crippen LogP contribution is -2.44. The number of ether oxygens (including phenoxy) is 1. The molecule has 0 aromatic rings. The van der Waals surface area contributed by atoms with Gasteiger partial charge in [0.15, 0.2) is 0 Å². The molecular weight excluding hydrogens is 196 g/mol. The van der Waals surface area contributed by atoms with E-state index in [2.05, 4.69) is 10.6 Å². The normalized spacial score (nSPS) is 18.6. The quantitative estimate of drug-likeness (QED) is 0.632. The number of hydrogen-bond acceptors (Lipinski definition) is 4. The van der Waals surface area contributed by atoms with Gasteiger partial charge in [-0.3, -0.25) is 0 Å². The molecule has 1 fully saturated rings. The van der Waals surface area contributed by atoms with Crippen LogP contribution in [0.1, 0.15) is 26.7 Å². The lowest BCUT2D eigenvalue weighted by atomic mass is 10.1. The third kappa shape index (κ3) is 5.59. The summed E-state index contributed by atoms with van der Waals surface area (Å²) in [5, 5.41) is 15.3. The highest BCUT2D eigenvalue weighted by molar-refractivity contribution is 5.67. The first-order valence-corrected chi connectivity index (χ1v) is 5.34. The Morgan fingerprint density at radius 1 is 1.53 bits per heavy atom. The van der Waals surface area contributed by atoms with E-state index in [-0.39, 0.29) is 12.6 Å². The van der Waals surface area contributed by atoms with Gasteiger partial charge in [0.25, 0.3) is 0 Å². The minimum absolute atomic E-state index is 0.0177. The van der Waals surface area contributed by atoms with E-state index in [1.54, 1.807) is 13.8 Å². The zero-order valence-electron chi connectivity index (χ0n) is 9.38. The second-order valence-electron chi connectivity index (χ2n) is 4.56. The summed E-state index contributed by atoms with van der Waals surface area (Å²) in [6.45, 7) is 5.08. The van der Waals surface area contributed by atoms with Gasteiger partial charge in [0.05, 0.1) is 5.60 Å². The number of alkyl carbamates (subject to hydrolysis) is 1. The molecule has 1 rings (SSSR count). The SMILES string of the molecule is CC(C)(O)COC(=O)NC1CCNCC1. The minimum Gasteiger partial charge on any atom is -0.447 e. The molecule has 1 heterocycles. The average Bonchev–Trinajstić information content (AvgIpc) is 2.15. The molecule has 1 aliphatic heterocycles. The van der Waals surface area contributed by atoms with Crippen molar-refractivity contribution in [1.29, 1.82) is 0 Å². The van der Waals surface area contributed by atoms with Crippen LogP contribution >= 0.6 is 0 Å². The van der Waals surface area contributed by atoms with Crippen molar-refractivity contribution in [2.45, 2.75) is 38.3 Å². The first-order chi connectivity index (χ1) is 6.97. The molecule has 0 unspecified atom stereocenters. The molecule has 0 saturated carbocycles. The predicted octanol–water partition coefficient (Wildman–Crippen LogP) is 0.235. The van der Waals surface area contributed by atoms with Crippen molar-refractivity contribution in [3.05, 3.63) is 0 Å². The molecule has 1 aliphatic rings. The largest absolute Gasteiger partial charge is 0.447 e. The fraction of sp³-hybridized carbons (Fsp3) is 0.900. The Bertz CT molecular complexity index is 207. The van der Waals surface area contributed by atoms with Gasteiger partial charge in [0, 0.05) is 6.04 Å². The number of piperidine rings is 1. The van der Waals surface area contributed by atoms with Crippen molar-refractivity contribution in [3.8, 4) is 0 Å². The van der Waals surface area contributed by atoms with Gasteiger partial charge in [-0.25, -0.2) is 4.79 Å². The van der Waals surface area contributed by atoms with Crippen LogP contribution in [0, 0.1) is 0 Å². The molecule has 3 N–H and O–H groups in total. The standard InChI is InChI=1S/C10H20N2O3/c1-10(2,14)7-15-9(13)12-8-3-5-11-6-4-8/h8,11,14H,3-7H2,1-2H3,(H,12,13). The van der Waals surface area contributed by atoms with Crippen molar-refractivity contribution in [3.63, 3.8) is 0 Å². The van der Waals surface area contributed by atoms with Gasteiger partial charge in [-0.2, -0.15) is 0 Å². The van der Waals surface area contributed by atoms with Crippen LogP contribution in [0.5, 0.6) is 0 Å². The van der Waals surface area contributed by atoms with Crippen molar-refractivity contribution >= 4 is 6.09 Å². The van der Waals surface area contributed by atoms with E-state index in [1.807, 2.05) is 0 Å². The van der Waals surface area contributed by atoms with Crippen LogP contribution in [0.15, 0.2) is 0 Å². The molecular formula is C10H20N2O3. The number of amides is 1. The molecule has 5 nitrogen and oxygen atoms in total. The van der Waals surface area contributed by atoms with Crippen molar-refractivity contribution in [2.75, 3.05) is 19.7 Å². The number of nitrogens with one attached hydrogen (secondary N) is 2. The summed E-state index contributed by atoms with van der Waals surface area (Å²) >= 11 is 0.